The largest absolute Gasteiger partial charge is 0.474 e. The van der Waals surface area contributed by atoms with E-state index in [0.29, 0.717) is 12.0 Å². The minimum absolute atomic E-state index is 0.274. The third-order valence-corrected chi connectivity index (χ3v) is 2.82. The van der Waals surface area contributed by atoms with Crippen LogP contribution in [-0.4, -0.2) is 16.1 Å². The van der Waals surface area contributed by atoms with E-state index in [4.69, 9.17) is 10.5 Å². The first-order chi connectivity index (χ1) is 7.24. The monoisotopic (exact) mass is 207 g/mol. The highest BCUT2D eigenvalue weighted by atomic mass is 16.5. The lowest BCUT2D eigenvalue weighted by molar-refractivity contribution is 0.124. The van der Waals surface area contributed by atoms with Crippen molar-refractivity contribution in [1.82, 2.24) is 9.97 Å². The molecule has 0 radical (unpaired) electrons. The van der Waals surface area contributed by atoms with Gasteiger partial charge in [-0.3, -0.25) is 0 Å². The van der Waals surface area contributed by atoms with Gasteiger partial charge in [-0.25, -0.2) is 4.98 Å². The van der Waals surface area contributed by atoms with Crippen LogP contribution in [0.4, 0.5) is 5.95 Å². The Morgan fingerprint density at radius 3 is 3.07 bits per heavy atom. The van der Waals surface area contributed by atoms with Crippen molar-refractivity contribution in [3.05, 3.63) is 12.3 Å². The van der Waals surface area contributed by atoms with Crippen molar-refractivity contribution < 1.29 is 4.74 Å². The van der Waals surface area contributed by atoms with E-state index in [1.54, 1.807) is 12.3 Å². The highest BCUT2D eigenvalue weighted by Crippen LogP contribution is 2.26. The minimum atomic E-state index is 0.274. The number of rotatable bonds is 2. The van der Waals surface area contributed by atoms with Crippen molar-refractivity contribution in [2.75, 3.05) is 5.73 Å². The topological polar surface area (TPSA) is 61.0 Å². The van der Waals surface area contributed by atoms with Crippen molar-refractivity contribution in [2.24, 2.45) is 5.92 Å². The Bertz CT molecular complexity index is 329. The van der Waals surface area contributed by atoms with Crippen molar-refractivity contribution in [3.63, 3.8) is 0 Å². The fraction of sp³-hybridized carbons (Fsp3) is 0.636. The van der Waals surface area contributed by atoms with Crippen LogP contribution in [0.3, 0.4) is 0 Å². The maximum absolute atomic E-state index is 5.78. The number of hydrogen-bond acceptors (Lipinski definition) is 4. The van der Waals surface area contributed by atoms with Gasteiger partial charge in [0.1, 0.15) is 6.10 Å². The van der Waals surface area contributed by atoms with E-state index < -0.39 is 0 Å². The Balaban J connectivity index is 1.96. The highest BCUT2D eigenvalue weighted by Gasteiger charge is 2.20. The lowest BCUT2D eigenvalue weighted by atomic mass is 9.89. The SMILES string of the molecule is CC1CCCC(Oc2ccnc(N)n2)C1. The van der Waals surface area contributed by atoms with Crippen LogP contribution >= 0.6 is 0 Å². The van der Waals surface area contributed by atoms with Crippen LogP contribution in [0.1, 0.15) is 32.6 Å². The highest BCUT2D eigenvalue weighted by molar-refractivity contribution is 5.20. The zero-order chi connectivity index (χ0) is 10.7. The molecule has 1 aromatic heterocycles. The first kappa shape index (κ1) is 10.2. The second-order valence-corrected chi connectivity index (χ2v) is 4.26. The van der Waals surface area contributed by atoms with Crippen LogP contribution < -0.4 is 10.5 Å². The Labute approximate surface area is 89.9 Å². The van der Waals surface area contributed by atoms with Crippen molar-refractivity contribution in [3.8, 4) is 5.88 Å². The molecule has 82 valence electrons. The summed E-state index contributed by atoms with van der Waals surface area (Å²) in [6.07, 6.45) is 6.71. The maximum Gasteiger partial charge on any atom is 0.223 e. The molecule has 1 aliphatic rings. The fourth-order valence-electron chi connectivity index (χ4n) is 2.08. The Morgan fingerprint density at radius 2 is 2.33 bits per heavy atom. The molecule has 0 spiro atoms. The van der Waals surface area contributed by atoms with E-state index >= 15 is 0 Å². The van der Waals surface area contributed by atoms with Crippen LogP contribution in [0.5, 0.6) is 5.88 Å². The summed E-state index contributed by atoms with van der Waals surface area (Å²) in [6.45, 7) is 2.27. The van der Waals surface area contributed by atoms with Crippen LogP contribution in [0.15, 0.2) is 12.3 Å². The number of nitrogens with zero attached hydrogens (tertiary/aromatic N) is 2. The van der Waals surface area contributed by atoms with E-state index in [1.807, 2.05) is 0 Å². The Kier molecular flexibility index (Phi) is 3.04. The van der Waals surface area contributed by atoms with Gasteiger partial charge in [0, 0.05) is 12.3 Å². The van der Waals surface area contributed by atoms with Gasteiger partial charge in [0.2, 0.25) is 11.8 Å². The standard InChI is InChI=1S/C11H17N3O/c1-8-3-2-4-9(7-8)15-10-5-6-13-11(12)14-10/h5-6,8-9H,2-4,7H2,1H3,(H2,12,13,14). The molecular formula is C11H17N3O. The predicted octanol–water partition coefficient (Wildman–Crippen LogP) is 2.02. The summed E-state index contributed by atoms with van der Waals surface area (Å²) < 4.78 is 5.78. The second-order valence-electron chi connectivity index (χ2n) is 4.26. The third kappa shape index (κ3) is 2.81. The van der Waals surface area contributed by atoms with E-state index in [2.05, 4.69) is 16.9 Å². The van der Waals surface area contributed by atoms with E-state index in [-0.39, 0.29) is 5.95 Å². The number of nitrogen functional groups attached to an aromatic ring is 1. The van der Waals surface area contributed by atoms with Gasteiger partial charge in [0.05, 0.1) is 0 Å². The van der Waals surface area contributed by atoms with Gasteiger partial charge in [-0.1, -0.05) is 13.3 Å². The molecule has 2 unspecified atom stereocenters. The van der Waals surface area contributed by atoms with Crippen LogP contribution in [0.2, 0.25) is 0 Å². The summed E-state index contributed by atoms with van der Waals surface area (Å²) in [7, 11) is 0. The van der Waals surface area contributed by atoms with Gasteiger partial charge in [0.25, 0.3) is 0 Å². The molecule has 0 bridgehead atoms. The number of hydrogen-bond donors (Lipinski definition) is 1. The third-order valence-electron chi connectivity index (χ3n) is 2.82. The fourth-order valence-corrected chi connectivity index (χ4v) is 2.08. The van der Waals surface area contributed by atoms with Gasteiger partial charge >= 0.3 is 0 Å². The molecule has 0 aliphatic heterocycles. The molecule has 1 aromatic rings. The first-order valence-electron chi connectivity index (χ1n) is 5.49. The lowest BCUT2D eigenvalue weighted by Gasteiger charge is -2.26. The first-order valence-corrected chi connectivity index (χ1v) is 5.49. The number of nitrogens with two attached hydrogens (primary N) is 1. The summed E-state index contributed by atoms with van der Waals surface area (Å²) in [6, 6.07) is 1.76. The molecule has 0 saturated heterocycles. The molecule has 1 aliphatic carbocycles. The summed E-state index contributed by atoms with van der Waals surface area (Å²) in [4.78, 5) is 7.87. The van der Waals surface area contributed by atoms with E-state index in [1.165, 1.54) is 12.8 Å². The smallest absolute Gasteiger partial charge is 0.223 e. The van der Waals surface area contributed by atoms with Crippen molar-refractivity contribution in [2.45, 2.75) is 38.7 Å². The molecule has 1 heterocycles. The maximum atomic E-state index is 5.78. The summed E-state index contributed by atoms with van der Waals surface area (Å²) in [5.41, 5.74) is 5.49. The quantitative estimate of drug-likeness (QED) is 0.805. The van der Waals surface area contributed by atoms with E-state index in [9.17, 15) is 0 Å². The molecule has 2 rings (SSSR count). The van der Waals surface area contributed by atoms with Crippen molar-refractivity contribution >= 4 is 5.95 Å². The zero-order valence-electron chi connectivity index (χ0n) is 9.02. The molecule has 2 N–H and O–H groups in total. The number of anilines is 1. The zero-order valence-corrected chi connectivity index (χ0v) is 9.02. The van der Waals surface area contributed by atoms with Gasteiger partial charge < -0.3 is 10.5 Å². The van der Waals surface area contributed by atoms with Gasteiger partial charge in [0.15, 0.2) is 0 Å². The van der Waals surface area contributed by atoms with Gasteiger partial charge in [-0.15, -0.1) is 0 Å². The molecule has 0 amide bonds. The summed E-state index contributed by atoms with van der Waals surface area (Å²) in [5, 5.41) is 0. The summed E-state index contributed by atoms with van der Waals surface area (Å²) in [5.74, 6) is 1.63. The molecule has 0 aromatic carbocycles. The molecular weight excluding hydrogens is 190 g/mol. The average Bonchev–Trinajstić information content (AvgIpc) is 2.17. The minimum Gasteiger partial charge on any atom is -0.474 e. The second kappa shape index (κ2) is 4.47. The van der Waals surface area contributed by atoms with Crippen LogP contribution in [0.25, 0.3) is 0 Å². The molecule has 4 heteroatoms. The Hall–Kier alpha value is -1.32. The van der Waals surface area contributed by atoms with Crippen LogP contribution in [-0.2, 0) is 0 Å². The van der Waals surface area contributed by atoms with Gasteiger partial charge in [-0.2, -0.15) is 4.98 Å². The van der Waals surface area contributed by atoms with Crippen molar-refractivity contribution in [1.29, 1.82) is 0 Å². The number of ether oxygens (including phenoxy) is 1. The molecule has 4 nitrogen and oxygen atoms in total. The molecule has 1 fully saturated rings. The average molecular weight is 207 g/mol. The normalized spacial score (nSPS) is 26.2. The summed E-state index contributed by atoms with van der Waals surface area (Å²) >= 11 is 0. The molecule has 1 saturated carbocycles. The molecule has 15 heavy (non-hydrogen) atoms. The lowest BCUT2D eigenvalue weighted by Crippen LogP contribution is -2.24. The van der Waals surface area contributed by atoms with Gasteiger partial charge in [-0.05, 0) is 25.2 Å². The predicted molar refractivity (Wildman–Crippen MR) is 58.5 cm³/mol. The van der Waals surface area contributed by atoms with Crippen LogP contribution in [0, 0.1) is 5.92 Å². The Morgan fingerprint density at radius 1 is 1.47 bits per heavy atom. The molecule has 2 atom stereocenters. The number of aromatic nitrogens is 2. The van der Waals surface area contributed by atoms with E-state index in [0.717, 1.165) is 18.8 Å².